The van der Waals surface area contributed by atoms with E-state index in [2.05, 4.69) is 4.90 Å². The van der Waals surface area contributed by atoms with Crippen LogP contribution in [0.4, 0.5) is 13.2 Å². The molecule has 1 saturated heterocycles. The normalized spacial score (nSPS) is 15.8. The predicted molar refractivity (Wildman–Crippen MR) is 98.9 cm³/mol. The maximum atomic E-state index is 13.1. The van der Waals surface area contributed by atoms with Gasteiger partial charge in [0.15, 0.2) is 0 Å². The molecule has 0 atom stereocenters. The van der Waals surface area contributed by atoms with Gasteiger partial charge in [0.25, 0.3) is 5.91 Å². The zero-order valence-electron chi connectivity index (χ0n) is 14.7. The highest BCUT2D eigenvalue weighted by Gasteiger charge is 2.36. The first kappa shape index (κ1) is 19.7. The van der Waals surface area contributed by atoms with E-state index >= 15 is 0 Å². The molecule has 2 aromatic rings. The van der Waals surface area contributed by atoms with Crippen molar-refractivity contribution < 1.29 is 18.0 Å². The fourth-order valence-electron chi connectivity index (χ4n) is 3.20. The Morgan fingerprint density at radius 2 is 1.59 bits per heavy atom. The lowest BCUT2D eigenvalue weighted by atomic mass is 10.1. The molecular formula is C20H20ClF3N2O. The zero-order valence-corrected chi connectivity index (χ0v) is 15.4. The van der Waals surface area contributed by atoms with Gasteiger partial charge in [-0.15, -0.1) is 0 Å². The van der Waals surface area contributed by atoms with Gasteiger partial charge >= 0.3 is 6.18 Å². The summed E-state index contributed by atoms with van der Waals surface area (Å²) in [6.45, 7) is 2.97. The fourth-order valence-corrected chi connectivity index (χ4v) is 3.33. The highest BCUT2D eigenvalue weighted by Crippen LogP contribution is 2.32. The van der Waals surface area contributed by atoms with Crippen LogP contribution >= 0.6 is 11.6 Å². The summed E-state index contributed by atoms with van der Waals surface area (Å²) in [5, 5.41) is 0.699. The topological polar surface area (TPSA) is 23.6 Å². The molecule has 0 aliphatic carbocycles. The molecule has 27 heavy (non-hydrogen) atoms. The van der Waals surface area contributed by atoms with E-state index in [1.54, 1.807) is 0 Å². The van der Waals surface area contributed by atoms with Crippen LogP contribution in [0.1, 0.15) is 21.5 Å². The highest BCUT2D eigenvalue weighted by atomic mass is 35.5. The fraction of sp³-hybridized carbons (Fsp3) is 0.350. The molecule has 1 aliphatic heterocycles. The number of amides is 1. The van der Waals surface area contributed by atoms with Gasteiger partial charge in [0.05, 0.1) is 11.1 Å². The van der Waals surface area contributed by atoms with Crippen LogP contribution in [0, 0.1) is 0 Å². The van der Waals surface area contributed by atoms with Crippen molar-refractivity contribution in [2.75, 3.05) is 32.7 Å². The number of piperazine rings is 1. The third-order valence-electron chi connectivity index (χ3n) is 4.75. The molecule has 2 aromatic carbocycles. The van der Waals surface area contributed by atoms with Gasteiger partial charge in [-0.2, -0.15) is 13.2 Å². The number of alkyl halides is 3. The third kappa shape index (κ3) is 5.02. The summed E-state index contributed by atoms with van der Waals surface area (Å²) < 4.78 is 39.4. The van der Waals surface area contributed by atoms with Crippen molar-refractivity contribution in [3.05, 3.63) is 70.2 Å². The molecule has 0 bridgehead atoms. The number of hydrogen-bond donors (Lipinski definition) is 0. The van der Waals surface area contributed by atoms with Crippen LogP contribution in [0.25, 0.3) is 0 Å². The van der Waals surface area contributed by atoms with E-state index < -0.39 is 17.6 Å². The van der Waals surface area contributed by atoms with E-state index in [4.69, 9.17) is 11.6 Å². The standard InChI is InChI=1S/C20H20ClF3N2O/c21-16-7-5-15(6-8-16)9-10-25-11-13-26(14-12-25)19(27)17-3-1-2-4-18(17)20(22,23)24/h1-8H,9-14H2. The lowest BCUT2D eigenvalue weighted by Crippen LogP contribution is -2.49. The molecule has 3 nitrogen and oxygen atoms in total. The van der Waals surface area contributed by atoms with Crippen molar-refractivity contribution in [3.8, 4) is 0 Å². The van der Waals surface area contributed by atoms with Crippen molar-refractivity contribution in [2.24, 2.45) is 0 Å². The quantitative estimate of drug-likeness (QED) is 0.766. The Hall–Kier alpha value is -2.05. The van der Waals surface area contributed by atoms with Crippen molar-refractivity contribution in [2.45, 2.75) is 12.6 Å². The third-order valence-corrected chi connectivity index (χ3v) is 5.00. The first-order valence-corrected chi connectivity index (χ1v) is 9.15. The molecule has 7 heteroatoms. The monoisotopic (exact) mass is 396 g/mol. The molecule has 144 valence electrons. The Morgan fingerprint density at radius 3 is 2.22 bits per heavy atom. The van der Waals surface area contributed by atoms with E-state index in [-0.39, 0.29) is 5.56 Å². The summed E-state index contributed by atoms with van der Waals surface area (Å²) in [4.78, 5) is 16.3. The van der Waals surface area contributed by atoms with Crippen molar-refractivity contribution in [3.63, 3.8) is 0 Å². The number of rotatable bonds is 4. The highest BCUT2D eigenvalue weighted by molar-refractivity contribution is 6.30. The van der Waals surface area contributed by atoms with Crippen molar-refractivity contribution in [1.29, 1.82) is 0 Å². The van der Waals surface area contributed by atoms with Crippen LogP contribution in [0.3, 0.4) is 0 Å². The van der Waals surface area contributed by atoms with E-state index in [0.717, 1.165) is 19.0 Å². The van der Waals surface area contributed by atoms with Crippen LogP contribution in [-0.2, 0) is 12.6 Å². The lowest BCUT2D eigenvalue weighted by molar-refractivity contribution is -0.138. The second-order valence-electron chi connectivity index (χ2n) is 6.55. The van der Waals surface area contributed by atoms with Crippen LogP contribution in [-0.4, -0.2) is 48.4 Å². The molecule has 0 aromatic heterocycles. The van der Waals surface area contributed by atoms with Crippen LogP contribution < -0.4 is 0 Å². The predicted octanol–water partition coefficient (Wildman–Crippen LogP) is 4.36. The largest absolute Gasteiger partial charge is 0.417 e. The zero-order chi connectivity index (χ0) is 19.4. The molecular weight excluding hydrogens is 377 g/mol. The number of hydrogen-bond acceptors (Lipinski definition) is 2. The molecule has 1 fully saturated rings. The summed E-state index contributed by atoms with van der Waals surface area (Å²) in [6.07, 6.45) is -3.67. The first-order chi connectivity index (χ1) is 12.8. The van der Waals surface area contributed by atoms with Gasteiger partial charge in [0.2, 0.25) is 0 Å². The first-order valence-electron chi connectivity index (χ1n) is 8.77. The van der Waals surface area contributed by atoms with Crippen LogP contribution in [0.15, 0.2) is 48.5 Å². The maximum absolute atomic E-state index is 13.1. The van der Waals surface area contributed by atoms with Gasteiger partial charge in [-0.05, 0) is 36.2 Å². The number of carbonyl (C=O) groups is 1. The SMILES string of the molecule is O=C(c1ccccc1C(F)(F)F)N1CCN(CCc2ccc(Cl)cc2)CC1. The average molecular weight is 397 g/mol. The molecule has 0 radical (unpaired) electrons. The van der Waals surface area contributed by atoms with E-state index in [9.17, 15) is 18.0 Å². The Kier molecular flexibility index (Phi) is 6.07. The van der Waals surface area contributed by atoms with E-state index in [0.29, 0.717) is 31.2 Å². The van der Waals surface area contributed by atoms with Gasteiger partial charge < -0.3 is 4.90 Å². The number of halogens is 4. The molecule has 1 amide bonds. The molecule has 0 spiro atoms. The van der Waals surface area contributed by atoms with E-state index in [1.807, 2.05) is 24.3 Å². The summed E-state index contributed by atoms with van der Waals surface area (Å²) >= 11 is 5.88. The minimum atomic E-state index is -4.54. The Balaban J connectivity index is 1.56. The van der Waals surface area contributed by atoms with Gasteiger partial charge in [-0.25, -0.2) is 0 Å². The summed E-state index contributed by atoms with van der Waals surface area (Å²) in [6, 6.07) is 12.6. The summed E-state index contributed by atoms with van der Waals surface area (Å²) in [5.74, 6) is -0.555. The summed E-state index contributed by atoms with van der Waals surface area (Å²) in [5.41, 5.74) is 0.0248. The smallest absolute Gasteiger partial charge is 0.336 e. The van der Waals surface area contributed by atoms with Crippen molar-refractivity contribution in [1.82, 2.24) is 9.80 Å². The minimum Gasteiger partial charge on any atom is -0.336 e. The number of benzene rings is 2. The van der Waals surface area contributed by atoms with Gasteiger partial charge in [-0.3, -0.25) is 9.69 Å². The number of carbonyl (C=O) groups excluding carboxylic acids is 1. The van der Waals surface area contributed by atoms with Crippen molar-refractivity contribution >= 4 is 17.5 Å². The average Bonchev–Trinajstić information content (AvgIpc) is 2.67. The second-order valence-corrected chi connectivity index (χ2v) is 6.99. The maximum Gasteiger partial charge on any atom is 0.417 e. The number of nitrogens with zero attached hydrogens (tertiary/aromatic N) is 2. The lowest BCUT2D eigenvalue weighted by Gasteiger charge is -2.35. The Labute approximate surface area is 161 Å². The van der Waals surface area contributed by atoms with Gasteiger partial charge in [0, 0.05) is 37.7 Å². The Morgan fingerprint density at radius 1 is 0.963 bits per heavy atom. The summed E-state index contributed by atoms with van der Waals surface area (Å²) in [7, 11) is 0. The van der Waals surface area contributed by atoms with E-state index in [1.165, 1.54) is 28.7 Å². The molecule has 0 N–H and O–H groups in total. The molecule has 1 aliphatic rings. The van der Waals surface area contributed by atoms with Crippen LogP contribution in [0.5, 0.6) is 0 Å². The molecule has 0 saturated carbocycles. The molecule has 3 rings (SSSR count). The minimum absolute atomic E-state index is 0.278. The van der Waals surface area contributed by atoms with Gasteiger partial charge in [-0.1, -0.05) is 35.9 Å². The second kappa shape index (κ2) is 8.31. The Bertz CT molecular complexity index is 785. The molecule has 0 unspecified atom stereocenters. The van der Waals surface area contributed by atoms with Gasteiger partial charge in [0.1, 0.15) is 0 Å². The van der Waals surface area contributed by atoms with Crippen LogP contribution in [0.2, 0.25) is 5.02 Å². The molecule has 1 heterocycles.